The van der Waals surface area contributed by atoms with Crippen LogP contribution < -0.4 is 31.9 Å². The number of hydrogen-bond donors (Lipinski definition) is 6. The number of pyridine rings is 6. The summed E-state index contributed by atoms with van der Waals surface area (Å²) in [6.07, 6.45) is 16.9. The minimum atomic E-state index is -0.281. The van der Waals surface area contributed by atoms with Crippen molar-refractivity contribution >= 4 is 208 Å². The highest BCUT2D eigenvalue weighted by molar-refractivity contribution is 6.31. The minimum Gasteiger partial charge on any atom is -0.381 e. The van der Waals surface area contributed by atoms with E-state index in [9.17, 15) is 28.8 Å². The minimum absolute atomic E-state index is 0.00335. The van der Waals surface area contributed by atoms with Gasteiger partial charge < -0.3 is 9.47 Å². The Morgan fingerprint density at radius 2 is 0.706 bits per heavy atom. The van der Waals surface area contributed by atoms with Crippen molar-refractivity contribution in [3.63, 3.8) is 0 Å². The number of ether oxygens (including phenoxy) is 2. The average molecular weight is 1990 g/mol. The number of amides is 6. The van der Waals surface area contributed by atoms with Crippen LogP contribution in [0.1, 0.15) is 266 Å². The molecule has 1 saturated heterocycles. The van der Waals surface area contributed by atoms with Crippen LogP contribution in [0.2, 0.25) is 30.9 Å². The third-order valence-electron chi connectivity index (χ3n) is 21.5. The zero-order valence-electron chi connectivity index (χ0n) is 82.1. The molecule has 3 aliphatic rings. The van der Waals surface area contributed by atoms with Crippen molar-refractivity contribution in [3.8, 4) is 0 Å². The summed E-state index contributed by atoms with van der Waals surface area (Å²) in [5.41, 5.74) is 7.52. The number of hydrogen-bond acceptors (Lipinski definition) is 20. The fraction of sp³-hybridized carbons (Fsp3) is 0.531. The highest BCUT2D eigenvalue weighted by atomic mass is 35.5. The van der Waals surface area contributed by atoms with Crippen molar-refractivity contribution in [1.29, 1.82) is 0 Å². The fourth-order valence-electron chi connectivity index (χ4n) is 15.8. The number of imidazole rings is 6. The van der Waals surface area contributed by atoms with Crippen LogP contribution in [0.25, 0.3) is 67.0 Å². The fourth-order valence-corrected chi connectivity index (χ4v) is 16.7. The molecule has 6 N–H and O–H groups in total. The average Bonchev–Trinajstić information content (AvgIpc) is 1.61. The predicted octanol–water partition coefficient (Wildman–Crippen LogP) is 24.2. The molecule has 13 heterocycles. The first-order valence-corrected chi connectivity index (χ1v) is 48.5. The van der Waals surface area contributed by atoms with Gasteiger partial charge in [0.2, 0.25) is 71.1 Å². The highest BCUT2D eigenvalue weighted by Gasteiger charge is 2.32. The molecular formula is C98H132Cl6N24O8. The molecule has 2 aliphatic carbocycles. The first kappa shape index (κ1) is 108. The monoisotopic (exact) mass is 1980 g/mol. The number of carbonyl (C=O) groups excluding carboxylic acids is 6. The highest BCUT2D eigenvalue weighted by Crippen LogP contribution is 2.39. The zero-order valence-corrected chi connectivity index (χ0v) is 86.6. The van der Waals surface area contributed by atoms with Crippen molar-refractivity contribution in [2.24, 2.45) is 27.6 Å². The number of allylic oxidation sites excluding steroid dienone is 2. The molecule has 1 atom stereocenters. The molecule has 15 rings (SSSR count). The Hall–Kier alpha value is -10.3. The van der Waals surface area contributed by atoms with Gasteiger partial charge >= 0.3 is 0 Å². The topological polar surface area (TPSA) is 377 Å². The lowest BCUT2D eigenvalue weighted by molar-refractivity contribution is -0.122. The van der Waals surface area contributed by atoms with Gasteiger partial charge in [-0.25, -0.2) is 59.8 Å². The summed E-state index contributed by atoms with van der Waals surface area (Å²) >= 11 is 36.0. The number of aromatic nitrogens is 18. The van der Waals surface area contributed by atoms with Gasteiger partial charge in [0.15, 0.2) is 33.9 Å². The van der Waals surface area contributed by atoms with Gasteiger partial charge in [-0.2, -0.15) is 0 Å². The molecule has 12 aromatic heterocycles. The smallest absolute Gasteiger partial charge is 0.229 e. The molecule has 3 fully saturated rings. The summed E-state index contributed by atoms with van der Waals surface area (Å²) in [5.74, 6) is 3.45. The van der Waals surface area contributed by atoms with E-state index in [1.165, 1.54) is 32.1 Å². The quantitative estimate of drug-likeness (QED) is 0.0256. The second-order valence-electron chi connectivity index (χ2n) is 41.6. The third kappa shape index (κ3) is 31.6. The van der Waals surface area contributed by atoms with E-state index in [-0.39, 0.29) is 92.9 Å². The van der Waals surface area contributed by atoms with Gasteiger partial charge in [0.1, 0.15) is 64.0 Å². The first-order valence-electron chi connectivity index (χ1n) is 46.2. The molecule has 6 amide bonds. The van der Waals surface area contributed by atoms with Gasteiger partial charge in [-0.05, 0) is 201 Å². The largest absolute Gasteiger partial charge is 0.381 e. The van der Waals surface area contributed by atoms with Crippen molar-refractivity contribution in [2.75, 3.05) is 45.1 Å². The van der Waals surface area contributed by atoms with Crippen LogP contribution >= 0.6 is 69.6 Å². The van der Waals surface area contributed by atoms with Gasteiger partial charge in [0.05, 0.1) is 18.1 Å². The zero-order chi connectivity index (χ0) is 99.9. The van der Waals surface area contributed by atoms with E-state index in [1.54, 1.807) is 65.3 Å². The Balaban J connectivity index is 0.000000169. The molecule has 12 aromatic rings. The van der Waals surface area contributed by atoms with Crippen LogP contribution in [0.5, 0.6) is 0 Å². The van der Waals surface area contributed by atoms with Crippen LogP contribution in [0.4, 0.5) is 35.7 Å². The molecule has 0 bridgehead atoms. The molecule has 0 aromatic carbocycles. The van der Waals surface area contributed by atoms with E-state index in [0.29, 0.717) is 182 Å². The maximum Gasteiger partial charge on any atom is 0.229 e. The molecule has 734 valence electrons. The van der Waals surface area contributed by atoms with Gasteiger partial charge in [-0.1, -0.05) is 191 Å². The van der Waals surface area contributed by atoms with Crippen molar-refractivity contribution in [1.82, 2.24) is 87.2 Å². The number of rotatable bonds is 23. The number of halogens is 6. The summed E-state index contributed by atoms with van der Waals surface area (Å²) < 4.78 is 22.7. The Bertz CT molecular complexity index is 6230. The van der Waals surface area contributed by atoms with Crippen LogP contribution in [-0.4, -0.2) is 148 Å². The number of carbonyl (C=O) groups is 6. The first-order chi connectivity index (χ1) is 63.7. The molecule has 2 saturated carbocycles. The molecule has 0 radical (unpaired) electrons. The lowest BCUT2D eigenvalue weighted by atomic mass is 9.92. The normalized spacial score (nSPS) is 14.3. The summed E-state index contributed by atoms with van der Waals surface area (Å²) in [4.78, 5) is 127. The van der Waals surface area contributed by atoms with E-state index >= 15 is 0 Å². The third-order valence-corrected chi connectivity index (χ3v) is 22.7. The molecule has 32 nitrogen and oxygen atoms in total. The number of anilines is 6. The van der Waals surface area contributed by atoms with Crippen LogP contribution in [0.15, 0.2) is 98.1 Å². The van der Waals surface area contributed by atoms with Crippen LogP contribution in [-0.2, 0) is 56.9 Å². The Labute approximate surface area is 826 Å². The van der Waals surface area contributed by atoms with Crippen LogP contribution in [0, 0.1) is 27.6 Å². The van der Waals surface area contributed by atoms with E-state index in [1.807, 2.05) is 192 Å². The lowest BCUT2D eigenvalue weighted by Crippen LogP contribution is -2.29. The summed E-state index contributed by atoms with van der Waals surface area (Å²) in [6, 6.07) is 21.7. The van der Waals surface area contributed by atoms with E-state index in [4.69, 9.17) is 79.1 Å². The maximum atomic E-state index is 12.4. The SMILES string of the molecule is C=CCn1c(NC(=O)CC(C)(C)C)nc2ccc(Cl)nc21.C=CCn1c(NC(=O)CCC2CCCC2)nc2ccc(Cl)nc21.CC(C)(C)CC(=O)Nc1nc2ccc(Cl)nc2n1C(C)(C)C.CC(C)(C)CC(=O)Nc1nc2ccc(Cl)nc2n1C1CCOCC1.CC(C)n1c(NC(=O)CC(C)(C)C)nc2ccc(Cl)nc21.C[C@H](CC(=O)Nc1nc2ccc(Cl)nc2n1C1CCC1)OC(C)(C)C. The second kappa shape index (κ2) is 46.4. The number of nitrogens with zero attached hydrogens (tertiary/aromatic N) is 18. The molecule has 1 aliphatic heterocycles. The van der Waals surface area contributed by atoms with E-state index < -0.39 is 0 Å². The van der Waals surface area contributed by atoms with Crippen molar-refractivity contribution < 1.29 is 38.2 Å². The number of fused-ring (bicyclic) bond motifs is 6. The molecule has 0 spiro atoms. The van der Waals surface area contributed by atoms with Gasteiger partial charge in [-0.15, -0.1) is 13.2 Å². The Kier molecular flexibility index (Phi) is 36.8. The van der Waals surface area contributed by atoms with Gasteiger partial charge in [-0.3, -0.25) is 88.1 Å². The molecular weight excluding hydrogens is 1850 g/mol. The van der Waals surface area contributed by atoms with E-state index in [2.05, 4.69) is 105 Å². The van der Waals surface area contributed by atoms with Gasteiger partial charge in [0, 0.05) is 82.1 Å². The summed E-state index contributed by atoms with van der Waals surface area (Å²) in [6.45, 7) is 52.2. The van der Waals surface area contributed by atoms with E-state index in [0.717, 1.165) is 54.3 Å². The predicted molar refractivity (Wildman–Crippen MR) is 547 cm³/mol. The second-order valence-corrected chi connectivity index (χ2v) is 43.9. The van der Waals surface area contributed by atoms with Crippen molar-refractivity contribution in [3.05, 3.63) is 129 Å². The summed E-state index contributed by atoms with van der Waals surface area (Å²) in [5, 5.41) is 19.9. The summed E-state index contributed by atoms with van der Waals surface area (Å²) in [7, 11) is 0. The van der Waals surface area contributed by atoms with Crippen molar-refractivity contribution in [2.45, 2.75) is 297 Å². The Morgan fingerprint density at radius 1 is 0.390 bits per heavy atom. The Morgan fingerprint density at radius 3 is 1.08 bits per heavy atom. The molecule has 136 heavy (non-hydrogen) atoms. The lowest BCUT2D eigenvalue weighted by Gasteiger charge is -2.28. The maximum absolute atomic E-state index is 12.4. The molecule has 0 unspecified atom stereocenters. The number of nitrogens with one attached hydrogen (secondary N) is 6. The van der Waals surface area contributed by atoms with Gasteiger partial charge in [0.25, 0.3) is 0 Å². The molecule has 38 heteroatoms. The standard InChI is InChI=1S/C18H25ClN4O2.C17H23ClN4O2.C17H21ClN4O.C16H23ClN4O.C15H21ClN4O.C15H19ClN4O/c1-11(25-18(2,3)4)10-15(24)22-17-20-13-8-9-14(19)21-16(13)23(17)12-6-5-7-12;1-17(2,3)10-14(23)21-16-19-12-4-5-13(18)20-15(12)22(16)11-6-8-24-9-7-11;1-2-11-22-16-13(8-9-14(18)20-16)19-17(22)21-15(23)10-7-12-5-3-4-6-12;1-15(2,3)9-12(22)20-14-18-10-7-8-11(17)19-13(10)21(14)16(4,5)6;1-9(2)20-13-10(6-7-11(16)18-13)17-14(20)19-12(21)8-15(3,4)5;1-5-8-20-13-10(6-7-11(16)18-13)17-14(20)19-12(21)9-15(2,3)4/h8-9,11-12H,5-7,10H2,1-4H3,(H,20,22,24);4-5,11H,6-10H2,1-3H3,(H,19,21,23);2,8-9,12H,1,3-7,10-11H2,(H,19,21,23);7-8H,9H2,1-6H3,(H,18,20,22);6-7,9H,8H2,1-5H3,(H,17,19,21);5-7H,1,8-9H2,2-4H3,(H,17,19,21)/t11-;;;;;/m1...../s1. The van der Waals surface area contributed by atoms with Crippen LogP contribution in [0.3, 0.4) is 0 Å².